The summed E-state index contributed by atoms with van der Waals surface area (Å²) in [6.45, 7) is 3.10. The molecule has 1 aromatic carbocycles. The van der Waals surface area contributed by atoms with Crippen molar-refractivity contribution in [3.63, 3.8) is 0 Å². The molecular formula is C17H20FN3O2. The number of halogens is 1. The second-order valence-electron chi connectivity index (χ2n) is 5.93. The third-order valence-corrected chi connectivity index (χ3v) is 4.29. The standard InChI is InChI=1S/C17H20FN3O2/c1-2-17(23)21-6-5-13(10-21)20-16(22)7-11-9-19-15-4-3-12(18)8-14(11)15/h3-4,8-9,13,19H,2,5-7,10H2,1H3,(H,20,22)/t13-/m1/s1. The summed E-state index contributed by atoms with van der Waals surface area (Å²) in [5, 5.41) is 3.70. The van der Waals surface area contributed by atoms with Gasteiger partial charge in [0.15, 0.2) is 0 Å². The van der Waals surface area contributed by atoms with E-state index in [0.29, 0.717) is 19.5 Å². The molecule has 1 saturated heterocycles. The van der Waals surface area contributed by atoms with Crippen molar-refractivity contribution >= 4 is 22.7 Å². The number of hydrogen-bond acceptors (Lipinski definition) is 2. The van der Waals surface area contributed by atoms with Gasteiger partial charge in [0.25, 0.3) is 0 Å². The molecule has 1 aliphatic heterocycles. The van der Waals surface area contributed by atoms with E-state index in [1.54, 1.807) is 17.2 Å². The van der Waals surface area contributed by atoms with Gasteiger partial charge in [0.2, 0.25) is 11.8 Å². The van der Waals surface area contributed by atoms with Crippen LogP contribution in [0, 0.1) is 5.82 Å². The van der Waals surface area contributed by atoms with Crippen LogP contribution in [0.5, 0.6) is 0 Å². The molecule has 2 heterocycles. The average Bonchev–Trinajstić information content (AvgIpc) is 3.14. The molecule has 0 aliphatic carbocycles. The van der Waals surface area contributed by atoms with E-state index in [1.807, 2.05) is 6.92 Å². The number of aromatic nitrogens is 1. The van der Waals surface area contributed by atoms with Crippen LogP contribution in [-0.4, -0.2) is 40.8 Å². The first-order valence-corrected chi connectivity index (χ1v) is 7.89. The number of hydrogen-bond donors (Lipinski definition) is 2. The lowest BCUT2D eigenvalue weighted by Crippen LogP contribution is -2.39. The Hall–Kier alpha value is -2.37. The SMILES string of the molecule is CCC(=O)N1CC[C@@H](NC(=O)Cc2c[nH]c3ccc(F)cc23)C1. The highest BCUT2D eigenvalue weighted by atomic mass is 19.1. The van der Waals surface area contributed by atoms with Gasteiger partial charge >= 0.3 is 0 Å². The fraction of sp³-hybridized carbons (Fsp3) is 0.412. The topological polar surface area (TPSA) is 65.2 Å². The lowest BCUT2D eigenvalue weighted by atomic mass is 10.1. The van der Waals surface area contributed by atoms with Crippen LogP contribution in [0.4, 0.5) is 4.39 Å². The molecule has 2 aromatic rings. The van der Waals surface area contributed by atoms with Gasteiger partial charge in [0.05, 0.1) is 6.42 Å². The lowest BCUT2D eigenvalue weighted by molar-refractivity contribution is -0.130. The number of carbonyl (C=O) groups excluding carboxylic acids is 2. The molecule has 6 heteroatoms. The summed E-state index contributed by atoms with van der Waals surface area (Å²) >= 11 is 0. The van der Waals surface area contributed by atoms with Crippen LogP contribution in [0.25, 0.3) is 10.9 Å². The van der Waals surface area contributed by atoms with Crippen LogP contribution in [0.1, 0.15) is 25.3 Å². The Morgan fingerprint density at radius 2 is 2.26 bits per heavy atom. The number of aromatic amines is 1. The van der Waals surface area contributed by atoms with E-state index in [-0.39, 0.29) is 30.1 Å². The molecule has 1 atom stereocenters. The van der Waals surface area contributed by atoms with Gasteiger partial charge in [-0.05, 0) is 30.2 Å². The molecule has 0 bridgehead atoms. The number of amides is 2. The maximum absolute atomic E-state index is 13.4. The second kappa shape index (κ2) is 6.40. The van der Waals surface area contributed by atoms with Crippen LogP contribution in [-0.2, 0) is 16.0 Å². The monoisotopic (exact) mass is 317 g/mol. The van der Waals surface area contributed by atoms with Crippen LogP contribution >= 0.6 is 0 Å². The zero-order valence-electron chi connectivity index (χ0n) is 13.1. The molecule has 0 radical (unpaired) electrons. The smallest absolute Gasteiger partial charge is 0.224 e. The molecule has 0 unspecified atom stereocenters. The molecule has 5 nitrogen and oxygen atoms in total. The van der Waals surface area contributed by atoms with Crippen molar-refractivity contribution in [3.05, 3.63) is 35.8 Å². The Bertz CT molecular complexity index is 741. The second-order valence-corrected chi connectivity index (χ2v) is 5.93. The van der Waals surface area contributed by atoms with Crippen LogP contribution in [0.2, 0.25) is 0 Å². The Morgan fingerprint density at radius 3 is 3.04 bits per heavy atom. The number of likely N-dealkylation sites (tertiary alicyclic amines) is 1. The van der Waals surface area contributed by atoms with E-state index < -0.39 is 0 Å². The quantitative estimate of drug-likeness (QED) is 0.905. The molecule has 0 spiro atoms. The van der Waals surface area contributed by atoms with Gasteiger partial charge in [0, 0.05) is 42.7 Å². The van der Waals surface area contributed by atoms with E-state index >= 15 is 0 Å². The molecule has 23 heavy (non-hydrogen) atoms. The first-order valence-electron chi connectivity index (χ1n) is 7.89. The van der Waals surface area contributed by atoms with E-state index in [9.17, 15) is 14.0 Å². The maximum atomic E-state index is 13.4. The molecule has 122 valence electrons. The molecule has 0 saturated carbocycles. The van der Waals surface area contributed by atoms with Gasteiger partial charge in [-0.1, -0.05) is 6.92 Å². The van der Waals surface area contributed by atoms with Gasteiger partial charge < -0.3 is 15.2 Å². The zero-order valence-corrected chi connectivity index (χ0v) is 13.1. The number of carbonyl (C=O) groups is 2. The van der Waals surface area contributed by atoms with Crippen LogP contribution in [0.15, 0.2) is 24.4 Å². The van der Waals surface area contributed by atoms with Crippen LogP contribution in [0.3, 0.4) is 0 Å². The van der Waals surface area contributed by atoms with Crippen molar-refractivity contribution in [2.45, 2.75) is 32.2 Å². The maximum Gasteiger partial charge on any atom is 0.224 e. The minimum Gasteiger partial charge on any atom is -0.361 e. The van der Waals surface area contributed by atoms with Crippen LogP contribution < -0.4 is 5.32 Å². The number of H-pyrrole nitrogens is 1. The van der Waals surface area contributed by atoms with Crippen molar-refractivity contribution in [1.82, 2.24) is 15.2 Å². The van der Waals surface area contributed by atoms with E-state index in [1.165, 1.54) is 12.1 Å². The Morgan fingerprint density at radius 1 is 1.43 bits per heavy atom. The van der Waals surface area contributed by atoms with E-state index in [4.69, 9.17) is 0 Å². The number of rotatable bonds is 4. The van der Waals surface area contributed by atoms with Gasteiger partial charge in [-0.3, -0.25) is 9.59 Å². The molecule has 1 aromatic heterocycles. The highest BCUT2D eigenvalue weighted by Gasteiger charge is 2.26. The fourth-order valence-electron chi connectivity index (χ4n) is 3.08. The fourth-order valence-corrected chi connectivity index (χ4v) is 3.08. The first-order chi connectivity index (χ1) is 11.1. The summed E-state index contributed by atoms with van der Waals surface area (Å²) in [6, 6.07) is 4.49. The van der Waals surface area contributed by atoms with Gasteiger partial charge in [-0.2, -0.15) is 0 Å². The summed E-state index contributed by atoms with van der Waals surface area (Å²) < 4.78 is 13.4. The molecule has 3 rings (SSSR count). The first kappa shape index (κ1) is 15.5. The van der Waals surface area contributed by atoms with E-state index in [2.05, 4.69) is 10.3 Å². The third-order valence-electron chi connectivity index (χ3n) is 4.29. The van der Waals surface area contributed by atoms with Crippen molar-refractivity contribution in [2.75, 3.05) is 13.1 Å². The number of fused-ring (bicyclic) bond motifs is 1. The number of nitrogens with zero attached hydrogens (tertiary/aromatic N) is 1. The van der Waals surface area contributed by atoms with Crippen molar-refractivity contribution in [2.24, 2.45) is 0 Å². The highest BCUT2D eigenvalue weighted by molar-refractivity contribution is 5.89. The normalized spacial score (nSPS) is 17.7. The van der Waals surface area contributed by atoms with Crippen molar-refractivity contribution < 1.29 is 14.0 Å². The highest BCUT2D eigenvalue weighted by Crippen LogP contribution is 2.20. The molecule has 2 amide bonds. The average molecular weight is 317 g/mol. The Labute approximate surface area is 133 Å². The molecule has 1 aliphatic rings. The predicted octanol–water partition coefficient (Wildman–Crippen LogP) is 1.98. The Kier molecular flexibility index (Phi) is 4.32. The molecular weight excluding hydrogens is 297 g/mol. The summed E-state index contributed by atoms with van der Waals surface area (Å²) in [5.74, 6) is -0.303. The predicted molar refractivity (Wildman–Crippen MR) is 85.4 cm³/mol. The summed E-state index contributed by atoms with van der Waals surface area (Å²) in [7, 11) is 0. The van der Waals surface area contributed by atoms with Crippen molar-refractivity contribution in [3.8, 4) is 0 Å². The number of nitrogens with one attached hydrogen (secondary N) is 2. The zero-order chi connectivity index (χ0) is 16.4. The lowest BCUT2D eigenvalue weighted by Gasteiger charge is -2.16. The largest absolute Gasteiger partial charge is 0.361 e. The van der Waals surface area contributed by atoms with Gasteiger partial charge in [-0.25, -0.2) is 4.39 Å². The minimum absolute atomic E-state index is 0.0000536. The summed E-state index contributed by atoms with van der Waals surface area (Å²) in [4.78, 5) is 28.7. The van der Waals surface area contributed by atoms with E-state index in [0.717, 1.165) is 22.9 Å². The number of benzene rings is 1. The third kappa shape index (κ3) is 3.36. The molecule has 1 fully saturated rings. The summed E-state index contributed by atoms with van der Waals surface area (Å²) in [5.41, 5.74) is 1.59. The Balaban J connectivity index is 1.61. The van der Waals surface area contributed by atoms with Gasteiger partial charge in [-0.15, -0.1) is 0 Å². The van der Waals surface area contributed by atoms with Gasteiger partial charge in [0.1, 0.15) is 5.82 Å². The molecule has 2 N–H and O–H groups in total. The summed E-state index contributed by atoms with van der Waals surface area (Å²) in [6.07, 6.45) is 3.20. The van der Waals surface area contributed by atoms with Crippen molar-refractivity contribution in [1.29, 1.82) is 0 Å². The minimum atomic E-state index is -0.316.